The molecular formula is C71H138O17P2. The van der Waals surface area contributed by atoms with Crippen LogP contribution < -0.4 is 0 Å². The number of hydrogen-bond acceptors (Lipinski definition) is 15. The lowest BCUT2D eigenvalue weighted by atomic mass is 10.00. The van der Waals surface area contributed by atoms with E-state index >= 15 is 0 Å². The van der Waals surface area contributed by atoms with Crippen molar-refractivity contribution in [3.05, 3.63) is 0 Å². The van der Waals surface area contributed by atoms with E-state index in [1.54, 1.807) is 0 Å². The summed E-state index contributed by atoms with van der Waals surface area (Å²) < 4.78 is 68.3. The smallest absolute Gasteiger partial charge is 0.462 e. The molecular weight excluding hydrogens is 1190 g/mol. The van der Waals surface area contributed by atoms with Gasteiger partial charge in [-0.3, -0.25) is 37.3 Å². The second-order valence-corrected chi connectivity index (χ2v) is 29.0. The zero-order valence-electron chi connectivity index (χ0n) is 58.4. The van der Waals surface area contributed by atoms with Crippen molar-refractivity contribution >= 4 is 39.5 Å². The van der Waals surface area contributed by atoms with E-state index < -0.39 is 97.5 Å². The normalized spacial score (nSPS) is 14.7. The first-order valence-electron chi connectivity index (χ1n) is 37.1. The molecule has 7 atom stereocenters. The van der Waals surface area contributed by atoms with E-state index in [4.69, 9.17) is 37.0 Å². The first kappa shape index (κ1) is 88.1. The predicted molar refractivity (Wildman–Crippen MR) is 363 cm³/mol. The molecule has 17 nitrogen and oxygen atoms in total. The molecule has 19 heteroatoms. The van der Waals surface area contributed by atoms with Gasteiger partial charge in [-0.05, 0) is 37.5 Å². The largest absolute Gasteiger partial charge is 0.472 e. The molecule has 90 heavy (non-hydrogen) atoms. The Balaban J connectivity index is 5.22. The van der Waals surface area contributed by atoms with Crippen molar-refractivity contribution in [2.45, 2.75) is 381 Å². The van der Waals surface area contributed by atoms with E-state index in [-0.39, 0.29) is 25.7 Å². The fourth-order valence-electron chi connectivity index (χ4n) is 10.7. The van der Waals surface area contributed by atoms with E-state index in [1.165, 1.54) is 173 Å². The van der Waals surface area contributed by atoms with Crippen LogP contribution >= 0.6 is 15.6 Å². The third-order valence-electron chi connectivity index (χ3n) is 17.2. The van der Waals surface area contributed by atoms with Gasteiger partial charge >= 0.3 is 39.5 Å². The van der Waals surface area contributed by atoms with Crippen molar-refractivity contribution in [3.8, 4) is 0 Å². The van der Waals surface area contributed by atoms with Crippen LogP contribution in [0, 0.1) is 11.8 Å². The fraction of sp³-hybridized carbons (Fsp3) is 0.944. The maximum Gasteiger partial charge on any atom is 0.472 e. The van der Waals surface area contributed by atoms with Crippen LogP contribution in [0.25, 0.3) is 0 Å². The summed E-state index contributed by atoms with van der Waals surface area (Å²) in [5.74, 6) is -0.675. The number of aliphatic hydroxyl groups is 1. The van der Waals surface area contributed by atoms with Crippen molar-refractivity contribution in [2.24, 2.45) is 11.8 Å². The van der Waals surface area contributed by atoms with Crippen molar-refractivity contribution in [3.63, 3.8) is 0 Å². The molecule has 0 saturated heterocycles. The number of carbonyl (C=O) groups is 4. The number of rotatable bonds is 70. The molecule has 0 bridgehead atoms. The van der Waals surface area contributed by atoms with Crippen LogP contribution in [-0.4, -0.2) is 96.7 Å². The zero-order chi connectivity index (χ0) is 66.5. The molecule has 0 amide bonds. The molecule has 0 aromatic rings. The number of phosphoric acid groups is 2. The Hall–Kier alpha value is -1.94. The van der Waals surface area contributed by atoms with Gasteiger partial charge in [0.05, 0.1) is 26.4 Å². The molecule has 0 aromatic carbocycles. The molecule has 0 aliphatic carbocycles. The first-order chi connectivity index (χ1) is 43.4. The Kier molecular flexibility index (Phi) is 61.8. The van der Waals surface area contributed by atoms with E-state index in [0.29, 0.717) is 25.7 Å². The molecule has 0 saturated carbocycles. The molecule has 0 heterocycles. The third kappa shape index (κ3) is 62.2. The summed E-state index contributed by atoms with van der Waals surface area (Å²) in [6, 6.07) is 0. The molecule has 0 fully saturated rings. The highest BCUT2D eigenvalue weighted by Gasteiger charge is 2.30. The van der Waals surface area contributed by atoms with Gasteiger partial charge in [0.2, 0.25) is 0 Å². The second kappa shape index (κ2) is 63.1. The molecule has 4 unspecified atom stereocenters. The maximum atomic E-state index is 13.0. The van der Waals surface area contributed by atoms with Gasteiger partial charge in [-0.2, -0.15) is 0 Å². The summed E-state index contributed by atoms with van der Waals surface area (Å²) in [5, 5.41) is 10.6. The molecule has 0 aliphatic heterocycles. The Bertz CT molecular complexity index is 1760. The highest BCUT2D eigenvalue weighted by Crippen LogP contribution is 2.45. The lowest BCUT2D eigenvalue weighted by molar-refractivity contribution is -0.161. The molecule has 3 N–H and O–H groups in total. The lowest BCUT2D eigenvalue weighted by Crippen LogP contribution is -2.30. The van der Waals surface area contributed by atoms with Crippen LogP contribution in [0.1, 0.15) is 363 Å². The number of carbonyl (C=O) groups excluding carboxylic acids is 4. The highest BCUT2D eigenvalue weighted by molar-refractivity contribution is 7.47. The van der Waals surface area contributed by atoms with Crippen LogP contribution in [0.3, 0.4) is 0 Å². The number of aliphatic hydroxyl groups excluding tert-OH is 1. The van der Waals surface area contributed by atoms with E-state index in [9.17, 15) is 43.2 Å². The van der Waals surface area contributed by atoms with Gasteiger partial charge in [0, 0.05) is 25.7 Å². The highest BCUT2D eigenvalue weighted by atomic mass is 31.2. The standard InChI is InChI=1S/C71H138O17P2/c1-7-11-13-15-17-19-21-23-24-25-26-27-28-30-32-34-43-49-55-70(75)87-66(59-81-68(73)53-47-41-33-31-29-22-20-18-16-14-12-8-2)61-85-89(77,78)83-57-65(72)58-84-90(79,80)86-62-67(88-71(76)56-50-44-38-36-40-46-52-64(6)10-4)60-82-69(74)54-48-42-37-35-39-45-51-63(5)9-3/h63-67,72H,7-62H2,1-6H3,(H,77,78)(H,79,80)/t63?,64?,65-,66-,67-/m1/s1. The van der Waals surface area contributed by atoms with E-state index in [2.05, 4.69) is 41.5 Å². The van der Waals surface area contributed by atoms with Gasteiger partial charge in [0.25, 0.3) is 0 Å². The molecule has 0 rings (SSSR count). The quantitative estimate of drug-likeness (QED) is 0.0222. The van der Waals surface area contributed by atoms with Crippen LogP contribution in [-0.2, 0) is 65.4 Å². The van der Waals surface area contributed by atoms with Crippen molar-refractivity contribution in [1.82, 2.24) is 0 Å². The topological polar surface area (TPSA) is 237 Å². The van der Waals surface area contributed by atoms with Crippen LogP contribution in [0.2, 0.25) is 0 Å². The van der Waals surface area contributed by atoms with Crippen molar-refractivity contribution < 1.29 is 80.2 Å². The minimum atomic E-state index is -4.95. The zero-order valence-corrected chi connectivity index (χ0v) is 60.2. The summed E-state index contributed by atoms with van der Waals surface area (Å²) in [5.41, 5.74) is 0. The second-order valence-electron chi connectivity index (χ2n) is 26.1. The van der Waals surface area contributed by atoms with Gasteiger partial charge < -0.3 is 33.8 Å². The summed E-state index contributed by atoms with van der Waals surface area (Å²) >= 11 is 0. The van der Waals surface area contributed by atoms with Crippen LogP contribution in [0.15, 0.2) is 0 Å². The Morgan fingerprint density at radius 2 is 0.533 bits per heavy atom. The number of phosphoric ester groups is 2. The summed E-state index contributed by atoms with van der Waals surface area (Å²) in [6.45, 7) is 9.46. The van der Waals surface area contributed by atoms with E-state index in [1.807, 2.05) is 0 Å². The first-order valence-corrected chi connectivity index (χ1v) is 40.1. The maximum absolute atomic E-state index is 13.0. The van der Waals surface area contributed by atoms with Crippen molar-refractivity contribution in [1.29, 1.82) is 0 Å². The number of ether oxygens (including phenoxy) is 4. The lowest BCUT2D eigenvalue weighted by Gasteiger charge is -2.21. The summed E-state index contributed by atoms with van der Waals surface area (Å²) in [4.78, 5) is 72.5. The average Bonchev–Trinajstić information content (AvgIpc) is 3.67. The molecule has 0 aliphatic rings. The van der Waals surface area contributed by atoms with Gasteiger partial charge in [-0.1, -0.05) is 311 Å². The Morgan fingerprint density at radius 3 is 0.789 bits per heavy atom. The SMILES string of the molecule is CCCCCCCCCCCCCCCCCCCCC(=O)O[C@H](COC(=O)CCCCCCCCCCCCCC)COP(=O)(O)OC[C@@H](O)COP(=O)(O)OC[C@@H](COC(=O)CCCCCCCCC(C)CC)OC(=O)CCCCCCCCC(C)CC. The minimum absolute atomic E-state index is 0.102. The number of unbranched alkanes of at least 4 members (excludes halogenated alkanes) is 38. The summed E-state index contributed by atoms with van der Waals surface area (Å²) in [7, 11) is -9.90. The fourth-order valence-corrected chi connectivity index (χ4v) is 12.3. The van der Waals surface area contributed by atoms with Crippen LogP contribution in [0.5, 0.6) is 0 Å². The predicted octanol–water partition coefficient (Wildman–Crippen LogP) is 20.4. The molecule has 0 spiro atoms. The van der Waals surface area contributed by atoms with Gasteiger partial charge in [-0.15, -0.1) is 0 Å². The van der Waals surface area contributed by atoms with Gasteiger partial charge in [0.15, 0.2) is 12.2 Å². The number of esters is 4. The molecule has 0 aromatic heterocycles. The minimum Gasteiger partial charge on any atom is -0.462 e. The summed E-state index contributed by atoms with van der Waals surface area (Å²) in [6.07, 6.45) is 48.7. The van der Waals surface area contributed by atoms with Gasteiger partial charge in [-0.25, -0.2) is 9.13 Å². The van der Waals surface area contributed by atoms with Gasteiger partial charge in [0.1, 0.15) is 19.3 Å². The van der Waals surface area contributed by atoms with Crippen molar-refractivity contribution in [2.75, 3.05) is 39.6 Å². The van der Waals surface area contributed by atoms with Crippen LogP contribution in [0.4, 0.5) is 0 Å². The molecule has 534 valence electrons. The molecule has 0 radical (unpaired) electrons. The van der Waals surface area contributed by atoms with E-state index in [0.717, 1.165) is 108 Å². The monoisotopic (exact) mass is 1320 g/mol. The Labute approximate surface area is 549 Å². The Morgan fingerprint density at radius 1 is 0.311 bits per heavy atom. The number of hydrogen-bond donors (Lipinski definition) is 3. The average molecular weight is 1330 g/mol. The third-order valence-corrected chi connectivity index (χ3v) is 19.1.